The van der Waals surface area contributed by atoms with Crippen molar-refractivity contribution in [3.8, 4) is 0 Å². The molecule has 0 aromatic heterocycles. The molecule has 208 valence electrons. The van der Waals surface area contributed by atoms with Crippen LogP contribution in [0.15, 0.2) is 72.8 Å². The zero-order valence-corrected chi connectivity index (χ0v) is 23.7. The zero-order chi connectivity index (χ0) is 28.6. The lowest BCUT2D eigenvalue weighted by atomic mass is 10.0. The molecule has 9 heteroatoms. The van der Waals surface area contributed by atoms with Gasteiger partial charge in [-0.15, -0.1) is 0 Å². The molecule has 39 heavy (non-hydrogen) atoms. The number of hydrogen-bond donors (Lipinski definition) is 1. The maximum Gasteiger partial charge on any atom is 0.244 e. The SMILES string of the molecule is CCCNC(=O)C(Cc1ccccc1)N(Cc1ccc(F)cc1)C(=O)CN(c1cc(C)ccc1C)S(C)(=O)=O. The average Bonchev–Trinajstić information content (AvgIpc) is 2.90. The molecule has 1 unspecified atom stereocenters. The topological polar surface area (TPSA) is 86.8 Å². The van der Waals surface area contributed by atoms with Crippen LogP contribution in [0.5, 0.6) is 0 Å². The molecule has 0 radical (unpaired) electrons. The van der Waals surface area contributed by atoms with E-state index >= 15 is 0 Å². The van der Waals surface area contributed by atoms with Crippen LogP contribution in [-0.2, 0) is 32.6 Å². The third kappa shape index (κ3) is 8.38. The van der Waals surface area contributed by atoms with Crippen molar-refractivity contribution in [1.29, 1.82) is 0 Å². The molecule has 0 saturated carbocycles. The van der Waals surface area contributed by atoms with Crippen molar-refractivity contribution < 1.29 is 22.4 Å². The van der Waals surface area contributed by atoms with Gasteiger partial charge in [0.1, 0.15) is 18.4 Å². The molecule has 0 saturated heterocycles. The van der Waals surface area contributed by atoms with E-state index in [9.17, 15) is 22.4 Å². The van der Waals surface area contributed by atoms with E-state index in [0.717, 1.165) is 21.7 Å². The first-order chi connectivity index (χ1) is 18.5. The number of anilines is 1. The van der Waals surface area contributed by atoms with Crippen LogP contribution >= 0.6 is 0 Å². The number of hydrogen-bond acceptors (Lipinski definition) is 4. The van der Waals surface area contributed by atoms with Crippen LogP contribution < -0.4 is 9.62 Å². The van der Waals surface area contributed by atoms with Crippen LogP contribution in [0.25, 0.3) is 0 Å². The quantitative estimate of drug-likeness (QED) is 0.361. The van der Waals surface area contributed by atoms with Gasteiger partial charge in [-0.3, -0.25) is 13.9 Å². The Morgan fingerprint density at radius 2 is 1.62 bits per heavy atom. The molecule has 0 bridgehead atoms. The lowest BCUT2D eigenvalue weighted by Gasteiger charge is -2.34. The number of benzene rings is 3. The third-order valence-electron chi connectivity index (χ3n) is 6.40. The molecule has 3 aromatic carbocycles. The molecule has 0 aliphatic carbocycles. The number of nitrogens with one attached hydrogen (secondary N) is 1. The molecule has 2 amide bonds. The number of amides is 2. The summed E-state index contributed by atoms with van der Waals surface area (Å²) in [4.78, 5) is 28.9. The smallest absolute Gasteiger partial charge is 0.244 e. The molecule has 0 aliphatic rings. The highest BCUT2D eigenvalue weighted by Gasteiger charge is 2.33. The first-order valence-corrected chi connectivity index (χ1v) is 14.7. The standard InChI is InChI=1S/C30H36FN3O4S/c1-5-17-32-30(36)28(19-24-9-7-6-8-10-24)33(20-25-13-15-26(31)16-14-25)29(35)21-34(39(4,37)38)27-18-22(2)11-12-23(27)3/h6-16,18,28H,5,17,19-21H2,1-4H3,(H,32,36). The highest BCUT2D eigenvalue weighted by atomic mass is 32.2. The number of carbonyl (C=O) groups excluding carboxylic acids is 2. The minimum absolute atomic E-state index is 0.000556. The van der Waals surface area contributed by atoms with Crippen LogP contribution in [-0.4, -0.2) is 50.5 Å². The Hall–Kier alpha value is -3.72. The summed E-state index contributed by atoms with van der Waals surface area (Å²) in [6.45, 7) is 5.50. The Morgan fingerprint density at radius 3 is 2.23 bits per heavy atom. The lowest BCUT2D eigenvalue weighted by Crippen LogP contribution is -2.53. The summed E-state index contributed by atoms with van der Waals surface area (Å²) in [5, 5.41) is 2.89. The van der Waals surface area contributed by atoms with Crippen molar-refractivity contribution in [3.63, 3.8) is 0 Å². The third-order valence-corrected chi connectivity index (χ3v) is 7.53. The normalized spacial score (nSPS) is 12.0. The maximum atomic E-state index is 14.0. The van der Waals surface area contributed by atoms with E-state index in [1.807, 2.05) is 50.2 Å². The Labute approximate surface area is 230 Å². The van der Waals surface area contributed by atoms with E-state index in [2.05, 4.69) is 5.32 Å². The van der Waals surface area contributed by atoms with Gasteiger partial charge < -0.3 is 10.2 Å². The Bertz CT molecular complexity index is 1380. The van der Waals surface area contributed by atoms with E-state index in [1.165, 1.54) is 17.0 Å². The monoisotopic (exact) mass is 553 g/mol. The second kappa shape index (κ2) is 13.4. The molecular formula is C30H36FN3O4S. The zero-order valence-electron chi connectivity index (χ0n) is 22.9. The van der Waals surface area contributed by atoms with Crippen LogP contribution in [0, 0.1) is 19.7 Å². The number of nitrogens with zero attached hydrogens (tertiary/aromatic N) is 2. The van der Waals surface area contributed by atoms with Gasteiger partial charge in [-0.1, -0.05) is 61.5 Å². The fourth-order valence-electron chi connectivity index (χ4n) is 4.29. The summed E-state index contributed by atoms with van der Waals surface area (Å²) >= 11 is 0. The van der Waals surface area contributed by atoms with Crippen molar-refractivity contribution in [2.24, 2.45) is 0 Å². The predicted molar refractivity (Wildman–Crippen MR) is 152 cm³/mol. The van der Waals surface area contributed by atoms with E-state index in [1.54, 1.807) is 31.2 Å². The molecule has 1 N–H and O–H groups in total. The molecule has 0 fully saturated rings. The van der Waals surface area contributed by atoms with Gasteiger partial charge in [0.05, 0.1) is 11.9 Å². The Morgan fingerprint density at radius 1 is 0.949 bits per heavy atom. The maximum absolute atomic E-state index is 14.0. The molecule has 3 rings (SSSR count). The predicted octanol–water partition coefficient (Wildman–Crippen LogP) is 4.37. The van der Waals surface area contributed by atoms with Gasteiger partial charge in [0.25, 0.3) is 0 Å². The summed E-state index contributed by atoms with van der Waals surface area (Å²) in [5.41, 5.74) is 3.41. The van der Waals surface area contributed by atoms with Crippen molar-refractivity contribution >= 4 is 27.5 Å². The molecule has 3 aromatic rings. The van der Waals surface area contributed by atoms with Gasteiger partial charge >= 0.3 is 0 Å². The highest BCUT2D eigenvalue weighted by molar-refractivity contribution is 7.92. The van der Waals surface area contributed by atoms with Gasteiger partial charge in [0.15, 0.2) is 0 Å². The Kier molecular flexibility index (Phi) is 10.2. The van der Waals surface area contributed by atoms with E-state index in [-0.39, 0.29) is 18.9 Å². The number of aryl methyl sites for hydroxylation is 2. The summed E-state index contributed by atoms with van der Waals surface area (Å²) in [7, 11) is -3.85. The molecule has 0 heterocycles. The van der Waals surface area contributed by atoms with Gasteiger partial charge in [0, 0.05) is 19.5 Å². The second-order valence-electron chi connectivity index (χ2n) is 9.70. The lowest BCUT2D eigenvalue weighted by molar-refractivity contribution is -0.140. The summed E-state index contributed by atoms with van der Waals surface area (Å²) in [6.07, 6.45) is 2.00. The van der Waals surface area contributed by atoms with Crippen molar-refractivity contribution in [2.45, 2.75) is 46.2 Å². The summed E-state index contributed by atoms with van der Waals surface area (Å²) < 4.78 is 40.6. The van der Waals surface area contributed by atoms with Gasteiger partial charge in [0.2, 0.25) is 21.8 Å². The van der Waals surface area contributed by atoms with Gasteiger partial charge in [-0.2, -0.15) is 0 Å². The largest absolute Gasteiger partial charge is 0.354 e. The average molecular weight is 554 g/mol. The summed E-state index contributed by atoms with van der Waals surface area (Å²) in [6, 6.07) is 19.5. The minimum atomic E-state index is -3.85. The first-order valence-electron chi connectivity index (χ1n) is 12.9. The van der Waals surface area contributed by atoms with Crippen LogP contribution in [0.4, 0.5) is 10.1 Å². The Balaban J connectivity index is 2.06. The van der Waals surface area contributed by atoms with Crippen molar-refractivity contribution in [2.75, 3.05) is 23.7 Å². The molecule has 1 atom stereocenters. The van der Waals surface area contributed by atoms with Crippen LogP contribution in [0.3, 0.4) is 0 Å². The van der Waals surface area contributed by atoms with Crippen LogP contribution in [0.2, 0.25) is 0 Å². The van der Waals surface area contributed by atoms with E-state index in [0.29, 0.717) is 29.8 Å². The second-order valence-corrected chi connectivity index (χ2v) is 11.6. The number of rotatable bonds is 12. The molecule has 0 spiro atoms. The fraction of sp³-hybridized carbons (Fsp3) is 0.333. The number of sulfonamides is 1. The first kappa shape index (κ1) is 29.8. The van der Waals surface area contributed by atoms with Crippen molar-refractivity contribution in [1.82, 2.24) is 10.2 Å². The van der Waals surface area contributed by atoms with Gasteiger partial charge in [-0.25, -0.2) is 12.8 Å². The number of halogens is 1. The molecule has 0 aliphatic heterocycles. The molecular weight excluding hydrogens is 517 g/mol. The summed E-state index contributed by atoms with van der Waals surface area (Å²) in [5.74, 6) is -1.30. The fourth-order valence-corrected chi connectivity index (χ4v) is 5.19. The molecule has 7 nitrogen and oxygen atoms in total. The van der Waals surface area contributed by atoms with Gasteiger partial charge in [-0.05, 0) is 60.7 Å². The van der Waals surface area contributed by atoms with E-state index in [4.69, 9.17) is 0 Å². The minimum Gasteiger partial charge on any atom is -0.354 e. The van der Waals surface area contributed by atoms with Crippen LogP contribution in [0.1, 0.15) is 35.6 Å². The number of carbonyl (C=O) groups is 2. The highest BCUT2D eigenvalue weighted by Crippen LogP contribution is 2.25. The van der Waals surface area contributed by atoms with E-state index < -0.39 is 34.3 Å². The van der Waals surface area contributed by atoms with Crippen molar-refractivity contribution in [3.05, 3.63) is 101 Å².